The van der Waals surface area contributed by atoms with E-state index in [1.807, 2.05) is 0 Å². The van der Waals surface area contributed by atoms with E-state index in [0.29, 0.717) is 23.7 Å². The van der Waals surface area contributed by atoms with Gasteiger partial charge in [-0.3, -0.25) is 0 Å². The first-order chi connectivity index (χ1) is 17.3. The second kappa shape index (κ2) is 11.0. The molecule has 2 saturated carbocycles. The van der Waals surface area contributed by atoms with Crippen LogP contribution < -0.4 is 0 Å². The summed E-state index contributed by atoms with van der Waals surface area (Å²) in [4.78, 5) is 0. The van der Waals surface area contributed by atoms with Crippen molar-refractivity contribution in [1.29, 1.82) is 0 Å². The zero-order chi connectivity index (χ0) is 28.8. The van der Waals surface area contributed by atoms with E-state index >= 15 is 0 Å². The van der Waals surface area contributed by atoms with Gasteiger partial charge in [-0.05, 0) is 83.9 Å². The van der Waals surface area contributed by atoms with Gasteiger partial charge in [0.1, 0.15) is 0 Å². The highest BCUT2D eigenvalue weighted by molar-refractivity contribution is 5.38. The van der Waals surface area contributed by atoms with Crippen molar-refractivity contribution in [2.75, 3.05) is 0 Å². The van der Waals surface area contributed by atoms with Gasteiger partial charge in [-0.25, -0.2) is 0 Å². The van der Waals surface area contributed by atoms with Crippen molar-refractivity contribution in [1.82, 2.24) is 0 Å². The second-order valence-corrected chi connectivity index (χ2v) is 16.2. The summed E-state index contributed by atoms with van der Waals surface area (Å²) in [6.07, 6.45) is 14.9. The molecule has 5 unspecified atom stereocenters. The van der Waals surface area contributed by atoms with Crippen LogP contribution in [0.2, 0.25) is 0 Å². The Morgan fingerprint density at radius 1 is 0.632 bits per heavy atom. The van der Waals surface area contributed by atoms with Crippen molar-refractivity contribution in [3.8, 4) is 0 Å². The Morgan fingerprint density at radius 2 is 0.947 bits per heavy atom. The molecule has 216 valence electrons. The van der Waals surface area contributed by atoms with Crippen LogP contribution in [-0.2, 0) is 0 Å². The lowest BCUT2D eigenvalue weighted by Gasteiger charge is -2.51. The first kappa shape index (κ1) is 31.4. The fourth-order valence-corrected chi connectivity index (χ4v) is 8.56. The van der Waals surface area contributed by atoms with Crippen molar-refractivity contribution in [2.24, 2.45) is 45.3 Å². The Kier molecular flexibility index (Phi) is 9.13. The molecule has 0 spiro atoms. The lowest BCUT2D eigenvalue weighted by molar-refractivity contribution is 0.0711. The highest BCUT2D eigenvalue weighted by Gasteiger charge is 2.48. The Hall–Kier alpha value is -1.12. The number of aliphatic hydroxyl groups excluding tert-OH is 2. The maximum Gasteiger partial charge on any atom is 0.0578 e. The second-order valence-electron chi connectivity index (χ2n) is 16.2. The molecule has 0 amide bonds. The Balaban J connectivity index is 0.000000211. The molecule has 4 aliphatic carbocycles. The van der Waals surface area contributed by atoms with Gasteiger partial charge < -0.3 is 10.2 Å². The maximum absolute atomic E-state index is 9.95. The molecule has 0 aromatic heterocycles. The minimum Gasteiger partial charge on any atom is -0.393 e. The SMILES string of the molecule is CC(C)C1C(C(C)(C)C)=CC=C2CC(O)CCC21C.CC(C)C1C(C(C)(C)C)=CC=C2C[C@@H](O)CCC21C. The van der Waals surface area contributed by atoms with Crippen LogP contribution >= 0.6 is 0 Å². The summed E-state index contributed by atoms with van der Waals surface area (Å²) in [5, 5.41) is 19.9. The van der Waals surface area contributed by atoms with Crippen LogP contribution in [0.3, 0.4) is 0 Å². The van der Waals surface area contributed by atoms with Gasteiger partial charge in [-0.2, -0.15) is 0 Å². The van der Waals surface area contributed by atoms with Gasteiger partial charge in [0.2, 0.25) is 0 Å². The number of allylic oxidation sites excluding steroid dienone is 6. The Bertz CT molecular complexity index is 896. The number of fused-ring (bicyclic) bond motifs is 2. The molecule has 4 aliphatic rings. The van der Waals surface area contributed by atoms with E-state index in [1.54, 1.807) is 11.1 Å². The van der Waals surface area contributed by atoms with E-state index in [9.17, 15) is 10.2 Å². The monoisotopic (exact) mass is 524 g/mol. The summed E-state index contributed by atoms with van der Waals surface area (Å²) in [7, 11) is 0. The lowest BCUT2D eigenvalue weighted by Crippen LogP contribution is -2.43. The van der Waals surface area contributed by atoms with Crippen LogP contribution in [0, 0.1) is 45.3 Å². The summed E-state index contributed by atoms with van der Waals surface area (Å²) >= 11 is 0. The van der Waals surface area contributed by atoms with Gasteiger partial charge in [-0.1, -0.05) is 130 Å². The third-order valence-electron chi connectivity index (χ3n) is 10.4. The maximum atomic E-state index is 9.95. The van der Waals surface area contributed by atoms with Gasteiger partial charge in [0, 0.05) is 0 Å². The molecule has 38 heavy (non-hydrogen) atoms. The van der Waals surface area contributed by atoms with Crippen LogP contribution in [0.5, 0.6) is 0 Å². The summed E-state index contributed by atoms with van der Waals surface area (Å²) < 4.78 is 0. The van der Waals surface area contributed by atoms with E-state index in [1.165, 1.54) is 11.1 Å². The van der Waals surface area contributed by atoms with E-state index in [-0.39, 0.29) is 33.9 Å². The fourth-order valence-electron chi connectivity index (χ4n) is 8.56. The minimum atomic E-state index is -0.128. The predicted molar refractivity (Wildman–Crippen MR) is 164 cm³/mol. The van der Waals surface area contributed by atoms with Crippen LogP contribution in [0.1, 0.15) is 122 Å². The predicted octanol–water partition coefficient (Wildman–Crippen LogP) is 9.44. The third kappa shape index (κ3) is 6.12. The third-order valence-corrected chi connectivity index (χ3v) is 10.4. The van der Waals surface area contributed by atoms with Gasteiger partial charge in [0.15, 0.2) is 0 Å². The molecule has 2 fully saturated rings. The molecule has 0 heterocycles. The van der Waals surface area contributed by atoms with E-state index in [0.717, 1.165) is 38.5 Å². The zero-order valence-electron chi connectivity index (χ0n) is 26.9. The van der Waals surface area contributed by atoms with Gasteiger partial charge in [0.25, 0.3) is 0 Å². The number of hydrogen-bond donors (Lipinski definition) is 2. The molecule has 2 heteroatoms. The summed E-state index contributed by atoms with van der Waals surface area (Å²) in [6.45, 7) is 28.2. The van der Waals surface area contributed by atoms with E-state index in [4.69, 9.17) is 0 Å². The number of rotatable bonds is 2. The minimum absolute atomic E-state index is 0.128. The van der Waals surface area contributed by atoms with Crippen molar-refractivity contribution < 1.29 is 10.2 Å². The molecular weight excluding hydrogens is 464 g/mol. The highest BCUT2D eigenvalue weighted by atomic mass is 16.3. The molecule has 0 saturated heterocycles. The summed E-state index contributed by atoms with van der Waals surface area (Å²) in [5.41, 5.74) is 7.09. The average Bonchev–Trinajstić information content (AvgIpc) is 2.77. The van der Waals surface area contributed by atoms with Crippen molar-refractivity contribution in [2.45, 2.75) is 134 Å². The van der Waals surface area contributed by atoms with Crippen molar-refractivity contribution in [3.63, 3.8) is 0 Å². The standard InChI is InChI=1S/2C18H30O/c2*1-12(2)16-15(17(3,4)5)8-7-13-11-14(19)9-10-18(13,16)6/h2*7-8,12,14,16,19H,9-11H2,1-6H3/t14-,16?,18?;/m0./s1. The lowest BCUT2D eigenvalue weighted by atomic mass is 9.54. The highest BCUT2D eigenvalue weighted by Crippen LogP contribution is 2.57. The molecule has 0 aliphatic heterocycles. The van der Waals surface area contributed by atoms with Crippen LogP contribution in [0.15, 0.2) is 46.6 Å². The largest absolute Gasteiger partial charge is 0.393 e. The first-order valence-electron chi connectivity index (χ1n) is 15.5. The molecule has 0 bridgehead atoms. The average molecular weight is 525 g/mol. The molecular formula is C36H60O2. The first-order valence-corrected chi connectivity index (χ1v) is 15.5. The van der Waals surface area contributed by atoms with E-state index < -0.39 is 0 Å². The number of hydrogen-bond acceptors (Lipinski definition) is 2. The smallest absolute Gasteiger partial charge is 0.0578 e. The van der Waals surface area contributed by atoms with Gasteiger partial charge in [-0.15, -0.1) is 0 Å². The van der Waals surface area contributed by atoms with Gasteiger partial charge in [0.05, 0.1) is 12.2 Å². The number of aliphatic hydroxyl groups is 2. The Morgan fingerprint density at radius 3 is 1.21 bits per heavy atom. The Labute approximate surface area is 235 Å². The van der Waals surface area contributed by atoms with Crippen LogP contribution in [0.25, 0.3) is 0 Å². The molecule has 2 nitrogen and oxygen atoms in total. The van der Waals surface area contributed by atoms with Crippen LogP contribution in [0.4, 0.5) is 0 Å². The van der Waals surface area contributed by atoms with E-state index in [2.05, 4.69) is 107 Å². The fraction of sp³-hybridized carbons (Fsp3) is 0.778. The van der Waals surface area contributed by atoms with Gasteiger partial charge >= 0.3 is 0 Å². The quantitative estimate of drug-likeness (QED) is 0.377. The molecule has 4 rings (SSSR count). The molecule has 0 aromatic rings. The molecule has 0 aromatic carbocycles. The van der Waals surface area contributed by atoms with Crippen LogP contribution in [-0.4, -0.2) is 22.4 Å². The van der Waals surface area contributed by atoms with Crippen molar-refractivity contribution in [3.05, 3.63) is 46.6 Å². The topological polar surface area (TPSA) is 40.5 Å². The summed E-state index contributed by atoms with van der Waals surface area (Å²) in [6, 6.07) is 0. The summed E-state index contributed by atoms with van der Waals surface area (Å²) in [5.74, 6) is 2.52. The molecule has 0 radical (unpaired) electrons. The normalized spacial score (nSPS) is 35.8. The zero-order valence-corrected chi connectivity index (χ0v) is 26.9. The van der Waals surface area contributed by atoms with Crippen molar-refractivity contribution >= 4 is 0 Å². The molecule has 2 N–H and O–H groups in total. The molecule has 6 atom stereocenters.